The molecule has 0 bridgehead atoms. The molecule has 4 rings (SSSR count). The smallest absolute Gasteiger partial charge is 0.150 e. The van der Waals surface area contributed by atoms with Crippen LogP contribution in [0.1, 0.15) is 26.6 Å². The Bertz CT molecular complexity index is 1060. The highest BCUT2D eigenvalue weighted by atomic mass is 15.1. The van der Waals surface area contributed by atoms with Gasteiger partial charge in [-0.05, 0) is 18.2 Å². The Morgan fingerprint density at radius 3 is 2.62 bits per heavy atom. The molecule has 0 amide bonds. The zero-order valence-corrected chi connectivity index (χ0v) is 14.4. The van der Waals surface area contributed by atoms with Gasteiger partial charge >= 0.3 is 0 Å². The molecule has 5 nitrogen and oxygen atoms in total. The van der Waals surface area contributed by atoms with Crippen molar-refractivity contribution in [2.45, 2.75) is 26.2 Å². The molecule has 2 N–H and O–H groups in total. The quantitative estimate of drug-likeness (QED) is 0.581. The van der Waals surface area contributed by atoms with Crippen molar-refractivity contribution < 1.29 is 0 Å². The maximum absolute atomic E-state index is 6.19. The summed E-state index contributed by atoms with van der Waals surface area (Å²) >= 11 is 0. The first-order chi connectivity index (χ1) is 11.4. The standard InChI is InChI=1S/C19H21N5/c1-19(2,3)18-22-15(16-17(20)21-8-10-24(16)18)13-5-6-14-12(11-13)7-9-23(14)4/h5-11H,1-4H3,(H2,20,21). The lowest BCUT2D eigenvalue weighted by atomic mass is 9.96. The normalized spacial score (nSPS) is 12.3. The number of imidazole rings is 1. The molecule has 0 saturated carbocycles. The monoisotopic (exact) mass is 319 g/mol. The molecular formula is C19H21N5. The number of aryl methyl sites for hydroxylation is 1. The number of benzene rings is 1. The number of aromatic nitrogens is 4. The van der Waals surface area contributed by atoms with Gasteiger partial charge in [-0.15, -0.1) is 0 Å². The van der Waals surface area contributed by atoms with Crippen LogP contribution in [0.4, 0.5) is 5.82 Å². The maximum atomic E-state index is 6.19. The van der Waals surface area contributed by atoms with Crippen LogP contribution in [0.2, 0.25) is 0 Å². The fourth-order valence-electron chi connectivity index (χ4n) is 3.22. The SMILES string of the molecule is Cn1ccc2cc(-c3nc(C(C)(C)C)n4ccnc(N)c34)ccc21. The summed E-state index contributed by atoms with van der Waals surface area (Å²) in [6, 6.07) is 8.50. The Morgan fingerprint density at radius 1 is 1.08 bits per heavy atom. The second kappa shape index (κ2) is 4.84. The Morgan fingerprint density at radius 2 is 1.88 bits per heavy atom. The van der Waals surface area contributed by atoms with Gasteiger partial charge in [-0.3, -0.25) is 4.40 Å². The van der Waals surface area contributed by atoms with Crippen LogP contribution >= 0.6 is 0 Å². The van der Waals surface area contributed by atoms with Gasteiger partial charge in [0.05, 0.1) is 0 Å². The molecule has 5 heteroatoms. The molecular weight excluding hydrogens is 298 g/mol. The van der Waals surface area contributed by atoms with Crippen LogP contribution < -0.4 is 5.73 Å². The summed E-state index contributed by atoms with van der Waals surface area (Å²) in [6.45, 7) is 6.47. The molecule has 3 aromatic heterocycles. The maximum Gasteiger partial charge on any atom is 0.150 e. The molecule has 0 aliphatic carbocycles. The fourth-order valence-corrected chi connectivity index (χ4v) is 3.22. The predicted octanol–water partition coefficient (Wildman–Crippen LogP) is 3.77. The molecule has 0 fully saturated rings. The minimum atomic E-state index is -0.0915. The van der Waals surface area contributed by atoms with E-state index in [1.165, 1.54) is 10.9 Å². The number of hydrogen-bond acceptors (Lipinski definition) is 3. The van der Waals surface area contributed by atoms with E-state index < -0.39 is 0 Å². The van der Waals surface area contributed by atoms with Crippen LogP contribution in [-0.4, -0.2) is 18.9 Å². The molecule has 0 aliphatic heterocycles. The van der Waals surface area contributed by atoms with E-state index in [0.717, 1.165) is 22.6 Å². The molecule has 0 radical (unpaired) electrons. The first-order valence-electron chi connectivity index (χ1n) is 8.05. The summed E-state index contributed by atoms with van der Waals surface area (Å²) in [5.74, 6) is 1.48. The Balaban J connectivity index is 2.04. The van der Waals surface area contributed by atoms with Crippen molar-refractivity contribution in [2.75, 3.05) is 5.73 Å². The minimum absolute atomic E-state index is 0.0915. The van der Waals surface area contributed by atoms with Crippen LogP contribution in [-0.2, 0) is 12.5 Å². The van der Waals surface area contributed by atoms with Gasteiger partial charge in [-0.2, -0.15) is 0 Å². The molecule has 122 valence electrons. The average Bonchev–Trinajstić information content (AvgIpc) is 3.09. The lowest BCUT2D eigenvalue weighted by Crippen LogP contribution is -2.16. The lowest BCUT2D eigenvalue weighted by Gasteiger charge is -2.16. The van der Waals surface area contributed by atoms with Crippen LogP contribution in [0, 0.1) is 0 Å². The summed E-state index contributed by atoms with van der Waals surface area (Å²) in [4.78, 5) is 9.21. The number of nitrogen functional groups attached to an aromatic ring is 1. The van der Waals surface area contributed by atoms with Crippen molar-refractivity contribution in [3.05, 3.63) is 48.7 Å². The van der Waals surface area contributed by atoms with E-state index in [1.807, 2.05) is 13.2 Å². The summed E-state index contributed by atoms with van der Waals surface area (Å²) in [5, 5.41) is 1.19. The molecule has 0 spiro atoms. The first kappa shape index (κ1) is 14.8. The van der Waals surface area contributed by atoms with Crippen LogP contribution in [0.5, 0.6) is 0 Å². The number of fused-ring (bicyclic) bond motifs is 2. The lowest BCUT2D eigenvalue weighted by molar-refractivity contribution is 0.543. The molecule has 4 aromatic rings. The van der Waals surface area contributed by atoms with E-state index in [0.29, 0.717) is 5.82 Å². The number of nitrogens with zero attached hydrogens (tertiary/aromatic N) is 4. The van der Waals surface area contributed by atoms with Crippen molar-refractivity contribution in [3.63, 3.8) is 0 Å². The van der Waals surface area contributed by atoms with Gasteiger partial charge in [-0.1, -0.05) is 26.8 Å². The van der Waals surface area contributed by atoms with Crippen molar-refractivity contribution in [1.82, 2.24) is 18.9 Å². The Hall–Kier alpha value is -2.82. The second-order valence-electron chi connectivity index (χ2n) is 7.27. The summed E-state index contributed by atoms with van der Waals surface area (Å²) in [6.07, 6.45) is 5.73. The molecule has 0 saturated heterocycles. The van der Waals surface area contributed by atoms with E-state index in [2.05, 4.69) is 65.2 Å². The Labute approximate surface area is 140 Å². The zero-order chi connectivity index (χ0) is 17.1. The second-order valence-corrected chi connectivity index (χ2v) is 7.27. The highest BCUT2D eigenvalue weighted by Crippen LogP contribution is 2.33. The average molecular weight is 319 g/mol. The van der Waals surface area contributed by atoms with Crippen molar-refractivity contribution >= 4 is 22.2 Å². The van der Waals surface area contributed by atoms with E-state index in [1.54, 1.807) is 6.20 Å². The van der Waals surface area contributed by atoms with Crippen molar-refractivity contribution in [2.24, 2.45) is 7.05 Å². The third kappa shape index (κ3) is 2.08. The van der Waals surface area contributed by atoms with Gasteiger partial charge in [0.2, 0.25) is 0 Å². The molecule has 0 aliphatic rings. The first-order valence-corrected chi connectivity index (χ1v) is 8.05. The number of hydrogen-bond donors (Lipinski definition) is 1. The minimum Gasteiger partial charge on any atom is -0.382 e. The third-order valence-corrected chi connectivity index (χ3v) is 4.41. The summed E-state index contributed by atoms with van der Waals surface area (Å²) in [5.41, 5.74) is 10.1. The molecule has 0 unspecified atom stereocenters. The van der Waals surface area contributed by atoms with Crippen LogP contribution in [0.15, 0.2) is 42.9 Å². The molecule has 3 heterocycles. The predicted molar refractivity (Wildman–Crippen MR) is 98.0 cm³/mol. The van der Waals surface area contributed by atoms with Gasteiger partial charge in [-0.25, -0.2) is 9.97 Å². The van der Waals surface area contributed by atoms with Gasteiger partial charge < -0.3 is 10.3 Å². The topological polar surface area (TPSA) is 61.1 Å². The summed E-state index contributed by atoms with van der Waals surface area (Å²) < 4.78 is 4.17. The molecule has 0 atom stereocenters. The summed E-state index contributed by atoms with van der Waals surface area (Å²) in [7, 11) is 2.05. The molecule has 24 heavy (non-hydrogen) atoms. The highest BCUT2D eigenvalue weighted by Gasteiger charge is 2.24. The van der Waals surface area contributed by atoms with E-state index >= 15 is 0 Å². The van der Waals surface area contributed by atoms with Gasteiger partial charge in [0, 0.05) is 47.5 Å². The number of nitrogens with two attached hydrogens (primary N) is 1. The van der Waals surface area contributed by atoms with E-state index in [-0.39, 0.29) is 5.41 Å². The van der Waals surface area contributed by atoms with Crippen LogP contribution in [0.25, 0.3) is 27.7 Å². The molecule has 1 aromatic carbocycles. The van der Waals surface area contributed by atoms with Gasteiger partial charge in [0.25, 0.3) is 0 Å². The van der Waals surface area contributed by atoms with Gasteiger partial charge in [0.15, 0.2) is 0 Å². The third-order valence-electron chi connectivity index (χ3n) is 4.41. The van der Waals surface area contributed by atoms with Crippen molar-refractivity contribution in [3.8, 4) is 11.3 Å². The fraction of sp³-hybridized carbons (Fsp3) is 0.263. The van der Waals surface area contributed by atoms with Gasteiger partial charge in [0.1, 0.15) is 22.9 Å². The van der Waals surface area contributed by atoms with Crippen LogP contribution in [0.3, 0.4) is 0 Å². The number of rotatable bonds is 1. The van der Waals surface area contributed by atoms with Crippen molar-refractivity contribution in [1.29, 1.82) is 0 Å². The number of anilines is 1. The highest BCUT2D eigenvalue weighted by molar-refractivity contribution is 5.91. The zero-order valence-electron chi connectivity index (χ0n) is 14.4. The Kier molecular flexibility index (Phi) is 2.97. The van der Waals surface area contributed by atoms with E-state index in [4.69, 9.17) is 10.7 Å². The van der Waals surface area contributed by atoms with E-state index in [9.17, 15) is 0 Å². The largest absolute Gasteiger partial charge is 0.382 e.